The number of nitrogens with one attached hydrogen (secondary N) is 2. The highest BCUT2D eigenvalue weighted by atomic mass is 35.5. The first kappa shape index (κ1) is 27.8. The Kier molecular flexibility index (Phi) is 7.38. The van der Waals surface area contributed by atoms with E-state index in [9.17, 15) is 22.4 Å². The van der Waals surface area contributed by atoms with Crippen LogP contribution in [0.2, 0.25) is 5.02 Å². The van der Waals surface area contributed by atoms with Crippen molar-refractivity contribution in [3.63, 3.8) is 0 Å². The summed E-state index contributed by atoms with van der Waals surface area (Å²) in [6.45, 7) is 1.85. The molecule has 5 rings (SSSR count). The summed E-state index contributed by atoms with van der Waals surface area (Å²) in [7, 11) is -0.324. The van der Waals surface area contributed by atoms with Crippen LogP contribution in [0.5, 0.6) is 0 Å². The minimum atomic E-state index is -3.81. The summed E-state index contributed by atoms with van der Waals surface area (Å²) in [5, 5.41) is 8.48. The molecule has 0 saturated carbocycles. The van der Waals surface area contributed by atoms with E-state index in [-0.39, 0.29) is 35.7 Å². The van der Waals surface area contributed by atoms with E-state index in [1.807, 2.05) is 0 Å². The van der Waals surface area contributed by atoms with Crippen molar-refractivity contribution in [1.29, 1.82) is 0 Å². The molecule has 0 unspecified atom stereocenters. The lowest BCUT2D eigenvalue weighted by Crippen LogP contribution is -2.27. The monoisotopic (exact) mass is 583 g/mol. The van der Waals surface area contributed by atoms with Gasteiger partial charge in [-0.3, -0.25) is 14.7 Å². The second-order valence-electron chi connectivity index (χ2n) is 10.1. The highest BCUT2D eigenvalue weighted by molar-refractivity contribution is 7.92. The molecule has 12 heteroatoms. The van der Waals surface area contributed by atoms with Crippen molar-refractivity contribution in [2.24, 2.45) is 0 Å². The molecule has 0 saturated heterocycles. The van der Waals surface area contributed by atoms with E-state index in [0.717, 1.165) is 5.39 Å². The number of rotatable bonds is 9. The molecule has 40 heavy (non-hydrogen) atoms. The first-order valence-electron chi connectivity index (χ1n) is 12.5. The van der Waals surface area contributed by atoms with Gasteiger partial charge in [-0.25, -0.2) is 12.8 Å². The number of fused-ring (bicyclic) bond motifs is 2. The normalized spacial score (nSPS) is 12.2. The summed E-state index contributed by atoms with van der Waals surface area (Å²) >= 11 is 6.60. The first-order valence-corrected chi connectivity index (χ1v) is 14.7. The number of benzene rings is 2. The molecular formula is C28H27ClFN5O4S. The molecule has 0 aliphatic heterocycles. The molecule has 0 amide bonds. The second-order valence-corrected chi connectivity index (χ2v) is 12.7. The second kappa shape index (κ2) is 10.6. The largest absolute Gasteiger partial charge is 0.333 e. The zero-order valence-corrected chi connectivity index (χ0v) is 23.7. The van der Waals surface area contributed by atoms with E-state index < -0.39 is 32.7 Å². The fraction of sp³-hybridized carbons (Fsp3) is 0.250. The number of Topliss-reactive ketones (excluding diaryl/α,β-unsaturated/α-hetero) is 1. The van der Waals surface area contributed by atoms with Gasteiger partial charge in [-0.2, -0.15) is 5.10 Å². The standard InChI is InChI=1S/C28H27ClFN5O4S/c1-16-9-20-24(12-22(16)30)35(14-18-10-17-13-32-33-23(17)11-21(18)29)27(26(20)19-5-4-6-31-28(19)37)25(36)15-40(38,39)8-7-34(2)3/h4-6,9-13H,7-8,14-15H2,1-3H3,(H,31,37)(H,32,33). The average molecular weight is 584 g/mol. The van der Waals surface area contributed by atoms with E-state index in [2.05, 4.69) is 15.2 Å². The third kappa shape index (κ3) is 5.32. The number of ketones is 1. The summed E-state index contributed by atoms with van der Waals surface area (Å²) in [6.07, 6.45) is 3.09. The molecule has 3 aromatic heterocycles. The SMILES string of the molecule is Cc1cc2c(-c3ccc[nH]c3=O)c(C(=O)CS(=O)(=O)CCN(C)C)n(Cc3cc4cn[nH]c4cc3Cl)c2cc1F. The number of sulfone groups is 1. The van der Waals surface area contributed by atoms with E-state index in [1.54, 1.807) is 67.0 Å². The van der Waals surface area contributed by atoms with Crippen LogP contribution < -0.4 is 5.56 Å². The third-order valence-corrected chi connectivity index (χ3v) is 8.69. The molecule has 2 aromatic carbocycles. The van der Waals surface area contributed by atoms with Crippen LogP contribution in [-0.4, -0.2) is 71.0 Å². The van der Waals surface area contributed by atoms with Gasteiger partial charge >= 0.3 is 0 Å². The minimum absolute atomic E-state index is 0.00603. The fourth-order valence-electron chi connectivity index (χ4n) is 4.79. The van der Waals surface area contributed by atoms with E-state index >= 15 is 0 Å². The number of carbonyl (C=O) groups excluding carboxylic acids is 1. The summed E-state index contributed by atoms with van der Waals surface area (Å²) < 4.78 is 42.5. The van der Waals surface area contributed by atoms with Crippen LogP contribution in [0.15, 0.2) is 53.6 Å². The third-order valence-electron chi connectivity index (χ3n) is 6.83. The van der Waals surface area contributed by atoms with Crippen LogP contribution in [0.3, 0.4) is 0 Å². The van der Waals surface area contributed by atoms with E-state index in [4.69, 9.17) is 11.6 Å². The summed E-state index contributed by atoms with van der Waals surface area (Å²) in [6, 6.07) is 9.54. The molecule has 0 bridgehead atoms. The van der Waals surface area contributed by atoms with Crippen molar-refractivity contribution >= 4 is 49.0 Å². The molecule has 3 heterocycles. The Morgan fingerprint density at radius 2 is 1.98 bits per heavy atom. The van der Waals surface area contributed by atoms with Crippen LogP contribution in [-0.2, 0) is 16.4 Å². The Morgan fingerprint density at radius 3 is 2.70 bits per heavy atom. The number of nitrogens with zero attached hydrogens (tertiary/aromatic N) is 3. The number of pyridine rings is 1. The lowest BCUT2D eigenvalue weighted by Gasteiger charge is -2.14. The molecule has 5 aromatic rings. The van der Waals surface area contributed by atoms with Gasteiger partial charge in [0.25, 0.3) is 5.56 Å². The Balaban J connectivity index is 1.78. The van der Waals surface area contributed by atoms with Gasteiger partial charge in [0.15, 0.2) is 15.6 Å². The van der Waals surface area contributed by atoms with Gasteiger partial charge in [-0.05, 0) is 68.5 Å². The van der Waals surface area contributed by atoms with Crippen LogP contribution in [0, 0.1) is 12.7 Å². The van der Waals surface area contributed by atoms with Crippen LogP contribution >= 0.6 is 11.6 Å². The number of hydrogen-bond acceptors (Lipinski definition) is 6. The van der Waals surface area contributed by atoms with Gasteiger partial charge in [0.05, 0.1) is 28.7 Å². The maximum absolute atomic E-state index is 15.0. The summed E-state index contributed by atoms with van der Waals surface area (Å²) in [5.41, 5.74) is 1.90. The topological polar surface area (TPSA) is 121 Å². The van der Waals surface area contributed by atoms with Crippen molar-refractivity contribution in [2.45, 2.75) is 13.5 Å². The lowest BCUT2D eigenvalue weighted by molar-refractivity contribution is 0.101. The smallest absolute Gasteiger partial charge is 0.255 e. The van der Waals surface area contributed by atoms with E-state index in [0.29, 0.717) is 32.6 Å². The average Bonchev–Trinajstić information content (AvgIpc) is 3.45. The predicted molar refractivity (Wildman–Crippen MR) is 154 cm³/mol. The number of aromatic nitrogens is 4. The Morgan fingerprint density at radius 1 is 1.20 bits per heavy atom. The lowest BCUT2D eigenvalue weighted by atomic mass is 10.0. The van der Waals surface area contributed by atoms with Crippen molar-refractivity contribution in [3.05, 3.63) is 86.8 Å². The number of H-pyrrole nitrogens is 2. The maximum atomic E-state index is 15.0. The summed E-state index contributed by atoms with van der Waals surface area (Å²) in [5.74, 6) is -2.20. The van der Waals surface area contributed by atoms with Crippen LogP contribution in [0.4, 0.5) is 4.39 Å². The molecule has 0 atom stereocenters. The van der Waals surface area contributed by atoms with Gasteiger partial charge in [0.2, 0.25) is 0 Å². The first-order chi connectivity index (χ1) is 18.9. The number of aryl methyl sites for hydroxylation is 1. The predicted octanol–water partition coefficient (Wildman–Crippen LogP) is 4.18. The molecule has 208 valence electrons. The van der Waals surface area contributed by atoms with Gasteiger partial charge in [-0.1, -0.05) is 11.6 Å². The van der Waals surface area contributed by atoms with Gasteiger partial charge in [0, 0.05) is 46.2 Å². The van der Waals surface area contributed by atoms with E-state index in [1.165, 1.54) is 12.3 Å². The van der Waals surface area contributed by atoms with Crippen LogP contribution in [0.25, 0.3) is 32.9 Å². The minimum Gasteiger partial charge on any atom is -0.333 e. The number of aromatic amines is 2. The molecule has 0 aliphatic rings. The molecule has 2 N–H and O–H groups in total. The molecule has 9 nitrogen and oxygen atoms in total. The quantitative estimate of drug-likeness (QED) is 0.251. The van der Waals surface area contributed by atoms with Gasteiger partial charge < -0.3 is 14.5 Å². The maximum Gasteiger partial charge on any atom is 0.255 e. The Bertz CT molecular complexity index is 1940. The molecule has 0 aliphatic carbocycles. The molecule has 0 spiro atoms. The Hall–Kier alpha value is -3.80. The number of halogens is 2. The van der Waals surface area contributed by atoms with Crippen molar-refractivity contribution < 1.29 is 17.6 Å². The summed E-state index contributed by atoms with van der Waals surface area (Å²) in [4.78, 5) is 31.3. The highest BCUT2D eigenvalue weighted by Crippen LogP contribution is 2.37. The van der Waals surface area contributed by atoms with Gasteiger partial charge in [0.1, 0.15) is 11.6 Å². The van der Waals surface area contributed by atoms with Crippen molar-refractivity contribution in [3.8, 4) is 11.1 Å². The van der Waals surface area contributed by atoms with Crippen molar-refractivity contribution in [2.75, 3.05) is 32.1 Å². The number of carbonyl (C=O) groups is 1. The highest BCUT2D eigenvalue weighted by Gasteiger charge is 2.29. The molecular weight excluding hydrogens is 557 g/mol. The molecule has 0 fully saturated rings. The molecule has 0 radical (unpaired) electrons. The van der Waals surface area contributed by atoms with Crippen LogP contribution in [0.1, 0.15) is 21.6 Å². The van der Waals surface area contributed by atoms with Gasteiger partial charge in [-0.15, -0.1) is 0 Å². The number of hydrogen-bond donors (Lipinski definition) is 2. The fourth-order valence-corrected chi connectivity index (χ4v) is 6.34. The van der Waals surface area contributed by atoms with Crippen molar-refractivity contribution in [1.82, 2.24) is 24.6 Å². The zero-order chi connectivity index (χ0) is 28.8. The zero-order valence-electron chi connectivity index (χ0n) is 22.1. The Labute approximate surface area is 234 Å².